The molecule has 1 heterocycles. The van der Waals surface area contributed by atoms with E-state index in [1.165, 1.54) is 0 Å². The van der Waals surface area contributed by atoms with Gasteiger partial charge in [-0.3, -0.25) is 0 Å². The average molecular weight is 270 g/mol. The van der Waals surface area contributed by atoms with E-state index in [1.807, 2.05) is 24.3 Å². The quantitative estimate of drug-likeness (QED) is 0.740. The predicted octanol–water partition coefficient (Wildman–Crippen LogP) is 3.56. The summed E-state index contributed by atoms with van der Waals surface area (Å²) in [4.78, 5) is 8.10. The fourth-order valence-corrected chi connectivity index (χ4v) is 1.43. The molecular weight excluding hydrogens is 263 g/mol. The van der Waals surface area contributed by atoms with Crippen molar-refractivity contribution in [3.8, 4) is 11.1 Å². The van der Waals surface area contributed by atoms with E-state index in [4.69, 9.17) is 11.6 Å². The Bertz CT molecular complexity index is 381. The lowest BCUT2D eigenvalue weighted by Crippen LogP contribution is -1.84. The Morgan fingerprint density at radius 1 is 0.929 bits per heavy atom. The number of aromatic nitrogens is 2. The zero-order valence-corrected chi connectivity index (χ0v) is 9.46. The summed E-state index contributed by atoms with van der Waals surface area (Å²) in [6.07, 6.45) is 3.53. The Morgan fingerprint density at radius 3 is 2.07 bits per heavy atom. The van der Waals surface area contributed by atoms with Gasteiger partial charge in [-0.2, -0.15) is 0 Å². The van der Waals surface area contributed by atoms with Crippen molar-refractivity contribution in [3.63, 3.8) is 0 Å². The van der Waals surface area contributed by atoms with E-state index in [2.05, 4.69) is 25.9 Å². The van der Waals surface area contributed by atoms with Gasteiger partial charge in [-0.25, -0.2) is 9.97 Å². The average Bonchev–Trinajstić information content (AvgIpc) is 2.21. The molecule has 1 aromatic heterocycles. The van der Waals surface area contributed by atoms with Crippen molar-refractivity contribution in [2.75, 3.05) is 0 Å². The standard InChI is InChI=1S/C10H6BrClN2/c11-10-13-5-8(6-14-10)7-1-3-9(12)4-2-7/h1-6H. The summed E-state index contributed by atoms with van der Waals surface area (Å²) in [5.41, 5.74) is 2.03. The van der Waals surface area contributed by atoms with Gasteiger partial charge in [0.2, 0.25) is 0 Å². The highest BCUT2D eigenvalue weighted by Gasteiger charge is 1.98. The van der Waals surface area contributed by atoms with Crippen LogP contribution in [0.25, 0.3) is 11.1 Å². The summed E-state index contributed by atoms with van der Waals surface area (Å²) in [7, 11) is 0. The molecule has 0 atom stereocenters. The van der Waals surface area contributed by atoms with Crippen LogP contribution < -0.4 is 0 Å². The maximum absolute atomic E-state index is 5.79. The SMILES string of the molecule is Clc1ccc(-c2cnc(Br)nc2)cc1. The van der Waals surface area contributed by atoms with Gasteiger partial charge < -0.3 is 0 Å². The zero-order valence-electron chi connectivity index (χ0n) is 7.11. The molecule has 2 rings (SSSR count). The first kappa shape index (κ1) is 9.62. The molecule has 0 saturated heterocycles. The molecule has 0 N–H and O–H groups in total. The topological polar surface area (TPSA) is 25.8 Å². The fourth-order valence-electron chi connectivity index (χ4n) is 1.10. The molecule has 2 nitrogen and oxygen atoms in total. The van der Waals surface area contributed by atoms with E-state index >= 15 is 0 Å². The molecular formula is C10H6BrClN2. The first-order valence-corrected chi connectivity index (χ1v) is 5.16. The third kappa shape index (κ3) is 2.11. The largest absolute Gasteiger partial charge is 0.230 e. The van der Waals surface area contributed by atoms with Crippen LogP contribution in [0.2, 0.25) is 5.02 Å². The normalized spacial score (nSPS) is 10.1. The van der Waals surface area contributed by atoms with Crippen LogP contribution in [-0.4, -0.2) is 9.97 Å². The van der Waals surface area contributed by atoms with Gasteiger partial charge in [0.25, 0.3) is 0 Å². The second-order valence-corrected chi connectivity index (χ2v) is 3.89. The lowest BCUT2D eigenvalue weighted by Gasteiger charge is -1.99. The van der Waals surface area contributed by atoms with Crippen molar-refractivity contribution in [1.82, 2.24) is 9.97 Å². The Morgan fingerprint density at radius 2 is 1.50 bits per heavy atom. The Hall–Kier alpha value is -0.930. The van der Waals surface area contributed by atoms with E-state index in [-0.39, 0.29) is 0 Å². The summed E-state index contributed by atoms with van der Waals surface area (Å²) >= 11 is 8.97. The summed E-state index contributed by atoms with van der Waals surface area (Å²) in [6, 6.07) is 7.57. The number of benzene rings is 1. The molecule has 0 saturated carbocycles. The highest BCUT2D eigenvalue weighted by molar-refractivity contribution is 9.10. The van der Waals surface area contributed by atoms with Gasteiger partial charge in [-0.05, 0) is 33.6 Å². The Balaban J connectivity index is 2.40. The second-order valence-electron chi connectivity index (χ2n) is 2.75. The van der Waals surface area contributed by atoms with Gasteiger partial charge in [0, 0.05) is 23.0 Å². The summed E-state index contributed by atoms with van der Waals surface area (Å²) in [6.45, 7) is 0. The van der Waals surface area contributed by atoms with Crippen molar-refractivity contribution >= 4 is 27.5 Å². The molecule has 4 heteroatoms. The Kier molecular flexibility index (Phi) is 2.79. The summed E-state index contributed by atoms with van der Waals surface area (Å²) in [5, 5.41) is 0.729. The maximum atomic E-state index is 5.79. The van der Waals surface area contributed by atoms with E-state index in [0.717, 1.165) is 16.1 Å². The first-order valence-electron chi connectivity index (χ1n) is 3.99. The van der Waals surface area contributed by atoms with Gasteiger partial charge >= 0.3 is 0 Å². The number of rotatable bonds is 1. The lowest BCUT2D eigenvalue weighted by atomic mass is 10.1. The zero-order chi connectivity index (χ0) is 9.97. The molecule has 14 heavy (non-hydrogen) atoms. The molecule has 0 aliphatic heterocycles. The highest BCUT2D eigenvalue weighted by Crippen LogP contribution is 2.20. The third-order valence-electron chi connectivity index (χ3n) is 1.80. The minimum Gasteiger partial charge on any atom is -0.230 e. The van der Waals surface area contributed by atoms with Crippen molar-refractivity contribution in [2.24, 2.45) is 0 Å². The monoisotopic (exact) mass is 268 g/mol. The van der Waals surface area contributed by atoms with Crippen LogP contribution >= 0.6 is 27.5 Å². The van der Waals surface area contributed by atoms with Crippen molar-refractivity contribution < 1.29 is 0 Å². The molecule has 0 spiro atoms. The second kappa shape index (κ2) is 4.07. The van der Waals surface area contributed by atoms with Gasteiger partial charge in [0.05, 0.1) is 0 Å². The highest BCUT2D eigenvalue weighted by atomic mass is 79.9. The van der Waals surface area contributed by atoms with Crippen LogP contribution in [0, 0.1) is 0 Å². The number of nitrogens with zero attached hydrogens (tertiary/aromatic N) is 2. The number of hydrogen-bond donors (Lipinski definition) is 0. The van der Waals surface area contributed by atoms with E-state index in [0.29, 0.717) is 4.73 Å². The first-order chi connectivity index (χ1) is 6.75. The van der Waals surface area contributed by atoms with Gasteiger partial charge in [-0.1, -0.05) is 23.7 Å². The number of halogens is 2. The Labute approximate surface area is 95.1 Å². The van der Waals surface area contributed by atoms with E-state index in [9.17, 15) is 0 Å². The fraction of sp³-hybridized carbons (Fsp3) is 0. The molecule has 0 radical (unpaired) electrons. The van der Waals surface area contributed by atoms with Gasteiger partial charge in [0.15, 0.2) is 4.73 Å². The van der Waals surface area contributed by atoms with Crippen LogP contribution in [0.3, 0.4) is 0 Å². The molecule has 0 amide bonds. The molecule has 2 aromatic rings. The summed E-state index contributed by atoms with van der Waals surface area (Å²) < 4.78 is 0.593. The van der Waals surface area contributed by atoms with E-state index in [1.54, 1.807) is 12.4 Å². The third-order valence-corrected chi connectivity index (χ3v) is 2.46. The molecule has 0 unspecified atom stereocenters. The van der Waals surface area contributed by atoms with Gasteiger partial charge in [-0.15, -0.1) is 0 Å². The molecule has 0 bridgehead atoms. The van der Waals surface area contributed by atoms with Crippen LogP contribution in [0.1, 0.15) is 0 Å². The smallest absolute Gasteiger partial charge is 0.196 e. The predicted molar refractivity (Wildman–Crippen MR) is 60.2 cm³/mol. The van der Waals surface area contributed by atoms with E-state index < -0.39 is 0 Å². The van der Waals surface area contributed by atoms with Crippen molar-refractivity contribution in [1.29, 1.82) is 0 Å². The van der Waals surface area contributed by atoms with Crippen molar-refractivity contribution in [2.45, 2.75) is 0 Å². The molecule has 0 aliphatic carbocycles. The summed E-state index contributed by atoms with van der Waals surface area (Å²) in [5.74, 6) is 0. The molecule has 0 aliphatic rings. The van der Waals surface area contributed by atoms with Crippen molar-refractivity contribution in [3.05, 3.63) is 46.4 Å². The molecule has 70 valence electrons. The van der Waals surface area contributed by atoms with Crippen LogP contribution in [0.4, 0.5) is 0 Å². The van der Waals surface area contributed by atoms with Crippen LogP contribution in [0.5, 0.6) is 0 Å². The molecule has 1 aromatic carbocycles. The minimum atomic E-state index is 0.593. The molecule has 0 fully saturated rings. The maximum Gasteiger partial charge on any atom is 0.196 e. The number of hydrogen-bond acceptors (Lipinski definition) is 2. The minimum absolute atomic E-state index is 0.593. The van der Waals surface area contributed by atoms with Crippen LogP contribution in [-0.2, 0) is 0 Å². The lowest BCUT2D eigenvalue weighted by molar-refractivity contribution is 1.11. The van der Waals surface area contributed by atoms with Crippen LogP contribution in [0.15, 0.2) is 41.4 Å². The van der Waals surface area contributed by atoms with Gasteiger partial charge in [0.1, 0.15) is 0 Å².